The maximum atomic E-state index is 10.8. The van der Waals surface area contributed by atoms with Crippen LogP contribution in [0.25, 0.3) is 11.6 Å². The number of carbonyl (C=O) groups excluding carboxylic acids is 1. The van der Waals surface area contributed by atoms with E-state index in [-0.39, 0.29) is 6.61 Å². The van der Waals surface area contributed by atoms with Gasteiger partial charge >= 0.3 is 12.2 Å². The van der Waals surface area contributed by atoms with Gasteiger partial charge in [-0.3, -0.25) is 0 Å². The first-order valence-electron chi connectivity index (χ1n) is 4.91. The average molecular weight is 232 g/mol. The van der Waals surface area contributed by atoms with Gasteiger partial charge in [0.15, 0.2) is 0 Å². The van der Waals surface area contributed by atoms with Crippen LogP contribution in [0.3, 0.4) is 0 Å². The van der Waals surface area contributed by atoms with E-state index in [1.54, 1.807) is 19.3 Å². The number of hydrogen-bond donors (Lipinski definition) is 0. The molecule has 0 spiro atoms. The molecule has 0 bridgehead atoms. The van der Waals surface area contributed by atoms with Crippen molar-refractivity contribution in [3.63, 3.8) is 0 Å². The quantitative estimate of drug-likeness (QED) is 0.334. The van der Waals surface area contributed by atoms with Crippen LogP contribution in [0.1, 0.15) is 5.56 Å². The maximum Gasteiger partial charge on any atom is 0.413 e. The van der Waals surface area contributed by atoms with Crippen molar-refractivity contribution >= 4 is 18.3 Å². The maximum absolute atomic E-state index is 10.8. The molecule has 0 heterocycles. The molecule has 5 nitrogen and oxygen atoms in total. The molecule has 0 atom stereocenters. The highest BCUT2D eigenvalue weighted by atomic mass is 16.5. The van der Waals surface area contributed by atoms with Gasteiger partial charge in [0.05, 0.1) is 7.11 Å². The number of hydrogen-bond acceptors (Lipinski definition) is 3. The van der Waals surface area contributed by atoms with Gasteiger partial charge in [0.25, 0.3) is 0 Å². The number of para-hydroxylation sites is 1. The van der Waals surface area contributed by atoms with Crippen LogP contribution >= 0.6 is 0 Å². The summed E-state index contributed by atoms with van der Waals surface area (Å²) in [7, 11) is 1.59. The second-order valence-corrected chi connectivity index (χ2v) is 3.02. The number of nitrogens with zero attached hydrogens (tertiary/aromatic N) is 2. The summed E-state index contributed by atoms with van der Waals surface area (Å²) >= 11 is 0. The van der Waals surface area contributed by atoms with Crippen LogP contribution in [0.4, 0.5) is 0 Å². The molecule has 5 heteroatoms. The molecule has 1 rings (SSSR count). The predicted molar refractivity (Wildman–Crippen MR) is 62.7 cm³/mol. The van der Waals surface area contributed by atoms with Crippen molar-refractivity contribution < 1.29 is 19.1 Å². The van der Waals surface area contributed by atoms with Gasteiger partial charge in [-0.2, -0.15) is 4.79 Å². The van der Waals surface area contributed by atoms with Gasteiger partial charge in [-0.1, -0.05) is 24.3 Å². The summed E-state index contributed by atoms with van der Waals surface area (Å²) in [5, 5.41) is 0. The molecule has 17 heavy (non-hydrogen) atoms. The molecule has 0 saturated carbocycles. The molecule has 0 aromatic heterocycles. The third kappa shape index (κ3) is 4.32. The van der Waals surface area contributed by atoms with Crippen LogP contribution in [-0.2, 0) is 9.53 Å². The van der Waals surface area contributed by atoms with E-state index in [0.29, 0.717) is 6.21 Å². The lowest BCUT2D eigenvalue weighted by molar-refractivity contribution is -0.137. The highest BCUT2D eigenvalue weighted by Gasteiger charge is 2.00. The van der Waals surface area contributed by atoms with E-state index in [0.717, 1.165) is 11.3 Å². The van der Waals surface area contributed by atoms with Crippen molar-refractivity contribution in [2.45, 2.75) is 0 Å². The molecule has 0 amide bonds. The summed E-state index contributed by atoms with van der Waals surface area (Å²) in [6.45, 7) is 0.100. The van der Waals surface area contributed by atoms with Gasteiger partial charge in [-0.15, -0.1) is 0 Å². The van der Waals surface area contributed by atoms with Crippen molar-refractivity contribution in [3.05, 3.63) is 41.4 Å². The van der Waals surface area contributed by atoms with Gasteiger partial charge in [-0.05, 0) is 12.1 Å². The topological polar surface area (TPSA) is 71.9 Å². The zero-order valence-electron chi connectivity index (χ0n) is 9.37. The van der Waals surface area contributed by atoms with Crippen LogP contribution in [0, 0.1) is 0 Å². The molecule has 0 fully saturated rings. The van der Waals surface area contributed by atoms with Gasteiger partial charge in [0.2, 0.25) is 0 Å². The van der Waals surface area contributed by atoms with Gasteiger partial charge in [0.1, 0.15) is 12.4 Å². The van der Waals surface area contributed by atoms with E-state index in [1.165, 1.54) is 0 Å². The van der Waals surface area contributed by atoms with E-state index in [2.05, 4.69) is 4.79 Å². The molecule has 88 valence electrons. The monoisotopic (exact) mass is 232 g/mol. The van der Waals surface area contributed by atoms with Gasteiger partial charge in [0, 0.05) is 5.56 Å². The Kier molecular flexibility index (Phi) is 5.20. The standard InChI is InChI=1S/C12H12N2O3/c1-16-11-7-3-2-5-10(11)6-4-8-17-12(15)9-14-13/h2-7,9H,8H2,1H3/b6-4-. The Labute approximate surface area is 98.9 Å². The van der Waals surface area contributed by atoms with Gasteiger partial charge in [-0.25, -0.2) is 4.79 Å². The van der Waals surface area contributed by atoms with E-state index in [1.807, 2.05) is 24.3 Å². The molecular weight excluding hydrogens is 220 g/mol. The summed E-state index contributed by atoms with van der Waals surface area (Å²) < 4.78 is 9.85. The Hall–Kier alpha value is -2.39. The minimum Gasteiger partial charge on any atom is -0.496 e. The fraction of sp³-hybridized carbons (Fsp3) is 0.167. The smallest absolute Gasteiger partial charge is 0.413 e. The highest BCUT2D eigenvalue weighted by Crippen LogP contribution is 2.18. The van der Waals surface area contributed by atoms with Crippen LogP contribution in [0.5, 0.6) is 5.75 Å². The number of methoxy groups -OCH3 is 1. The fourth-order valence-corrected chi connectivity index (χ4v) is 1.19. The summed E-state index contributed by atoms with van der Waals surface area (Å²) in [5.74, 6) is 0.0455. The predicted octanol–water partition coefficient (Wildman–Crippen LogP) is 1.55. The number of esters is 1. The van der Waals surface area contributed by atoms with Crippen molar-refractivity contribution in [2.24, 2.45) is 0 Å². The SMILES string of the molecule is COc1ccccc1/C=C\COC(=O)C=[N+]=[N-]. The zero-order valence-corrected chi connectivity index (χ0v) is 9.37. The molecule has 1 aromatic rings. The van der Waals surface area contributed by atoms with Crippen molar-refractivity contribution in [2.75, 3.05) is 13.7 Å². The van der Waals surface area contributed by atoms with Crippen LogP contribution in [0.2, 0.25) is 0 Å². The molecule has 0 unspecified atom stereocenters. The van der Waals surface area contributed by atoms with Crippen LogP contribution < -0.4 is 4.74 Å². The summed E-state index contributed by atoms with van der Waals surface area (Å²) in [6.07, 6.45) is 4.14. The Balaban J connectivity index is 2.53. The van der Waals surface area contributed by atoms with Crippen molar-refractivity contribution in [1.82, 2.24) is 0 Å². The molecule has 0 aliphatic carbocycles. The second-order valence-electron chi connectivity index (χ2n) is 3.02. The molecule has 1 aromatic carbocycles. The Morgan fingerprint density at radius 1 is 1.47 bits per heavy atom. The molecule has 0 radical (unpaired) electrons. The van der Waals surface area contributed by atoms with Crippen LogP contribution in [-0.4, -0.2) is 30.7 Å². The van der Waals surface area contributed by atoms with E-state index in [9.17, 15) is 4.79 Å². The molecular formula is C12H12N2O3. The first-order valence-corrected chi connectivity index (χ1v) is 4.91. The fourth-order valence-electron chi connectivity index (χ4n) is 1.19. The lowest BCUT2D eigenvalue weighted by Crippen LogP contribution is -2.05. The molecule has 0 N–H and O–H groups in total. The zero-order chi connectivity index (χ0) is 12.5. The molecule has 0 saturated heterocycles. The van der Waals surface area contributed by atoms with Gasteiger partial charge < -0.3 is 15.0 Å². The number of benzene rings is 1. The molecule has 0 aliphatic heterocycles. The largest absolute Gasteiger partial charge is 0.496 e. The first kappa shape index (κ1) is 12.7. The second kappa shape index (κ2) is 6.98. The number of carbonyl (C=O) groups is 1. The Morgan fingerprint density at radius 3 is 2.94 bits per heavy atom. The minimum atomic E-state index is -0.697. The van der Waals surface area contributed by atoms with Crippen LogP contribution in [0.15, 0.2) is 30.3 Å². The average Bonchev–Trinajstić information content (AvgIpc) is 2.35. The Bertz CT molecular complexity index is 463. The van der Waals surface area contributed by atoms with Crippen molar-refractivity contribution in [3.8, 4) is 5.75 Å². The lowest BCUT2D eigenvalue weighted by atomic mass is 10.2. The first-order chi connectivity index (χ1) is 8.27. The minimum absolute atomic E-state index is 0.100. The van der Waals surface area contributed by atoms with E-state index in [4.69, 9.17) is 15.0 Å². The van der Waals surface area contributed by atoms with E-state index < -0.39 is 5.97 Å². The summed E-state index contributed by atoms with van der Waals surface area (Å²) in [4.78, 5) is 13.3. The third-order valence-corrected chi connectivity index (χ3v) is 1.92. The highest BCUT2D eigenvalue weighted by molar-refractivity contribution is 6.20. The number of ether oxygens (including phenoxy) is 2. The number of rotatable bonds is 5. The Morgan fingerprint density at radius 2 is 2.24 bits per heavy atom. The third-order valence-electron chi connectivity index (χ3n) is 1.92. The lowest BCUT2D eigenvalue weighted by Gasteiger charge is -2.03. The summed E-state index contributed by atoms with van der Waals surface area (Å²) in [5.41, 5.74) is 8.96. The normalized spacial score (nSPS) is 9.71. The molecule has 0 aliphatic rings. The van der Waals surface area contributed by atoms with E-state index >= 15 is 0 Å². The van der Waals surface area contributed by atoms with Crippen molar-refractivity contribution in [1.29, 1.82) is 0 Å². The summed E-state index contributed by atoms with van der Waals surface area (Å²) in [6, 6.07) is 7.47.